The highest BCUT2D eigenvalue weighted by Crippen LogP contribution is 2.37. The summed E-state index contributed by atoms with van der Waals surface area (Å²) in [6.45, 7) is 2.50. The van der Waals surface area contributed by atoms with Crippen LogP contribution in [0.25, 0.3) is 0 Å². The summed E-state index contributed by atoms with van der Waals surface area (Å²) in [7, 11) is 1.73. The van der Waals surface area contributed by atoms with Gasteiger partial charge in [0.05, 0.1) is 31.2 Å². The molecule has 9 heteroatoms. The molecule has 2 aliphatic heterocycles. The molecule has 9 nitrogen and oxygen atoms in total. The topological polar surface area (TPSA) is 103 Å². The van der Waals surface area contributed by atoms with Gasteiger partial charge in [-0.3, -0.25) is 14.5 Å². The predicted octanol–water partition coefficient (Wildman–Crippen LogP) is 2.08. The minimum absolute atomic E-state index is 0.00412. The zero-order chi connectivity index (χ0) is 20.8. The number of amides is 2. The summed E-state index contributed by atoms with van der Waals surface area (Å²) in [5.41, 5.74) is 3.24. The molecule has 154 valence electrons. The van der Waals surface area contributed by atoms with Gasteiger partial charge in [0, 0.05) is 13.0 Å². The predicted molar refractivity (Wildman–Crippen MR) is 103 cm³/mol. The van der Waals surface area contributed by atoms with Crippen molar-refractivity contribution in [3.8, 4) is 0 Å². The summed E-state index contributed by atoms with van der Waals surface area (Å²) in [5.74, 6) is 0.0541. The van der Waals surface area contributed by atoms with Gasteiger partial charge in [0.1, 0.15) is 12.2 Å². The van der Waals surface area contributed by atoms with E-state index in [1.54, 1.807) is 11.6 Å². The number of imidazole rings is 1. The fourth-order valence-corrected chi connectivity index (χ4v) is 4.06. The normalized spacial score (nSPS) is 21.3. The lowest BCUT2D eigenvalue weighted by molar-refractivity contribution is -0.129. The fourth-order valence-electron chi connectivity index (χ4n) is 4.06. The van der Waals surface area contributed by atoms with E-state index in [9.17, 15) is 9.59 Å². The first kappa shape index (κ1) is 18.7. The van der Waals surface area contributed by atoms with E-state index in [4.69, 9.17) is 9.26 Å². The monoisotopic (exact) mass is 407 g/mol. The van der Waals surface area contributed by atoms with Crippen LogP contribution in [0.4, 0.5) is 0 Å². The number of fused-ring (bicyclic) bond motifs is 1. The molecule has 4 heterocycles. The Morgan fingerprint density at radius 3 is 2.97 bits per heavy atom. The summed E-state index contributed by atoms with van der Waals surface area (Å²) >= 11 is 0. The maximum absolute atomic E-state index is 12.7. The number of aromatic nitrogens is 4. The van der Waals surface area contributed by atoms with Crippen LogP contribution in [0.3, 0.4) is 0 Å². The Morgan fingerprint density at radius 1 is 1.27 bits per heavy atom. The molecule has 30 heavy (non-hydrogen) atoms. The fraction of sp³-hybridized carbons (Fsp3) is 0.381. The first-order chi connectivity index (χ1) is 14.5. The van der Waals surface area contributed by atoms with Crippen LogP contribution in [0, 0.1) is 6.92 Å². The van der Waals surface area contributed by atoms with Crippen molar-refractivity contribution in [2.24, 2.45) is 7.05 Å². The molecule has 1 saturated heterocycles. The number of rotatable bonds is 4. The summed E-state index contributed by atoms with van der Waals surface area (Å²) < 4.78 is 12.9. The number of hydrogen-bond acceptors (Lipinski definition) is 7. The minimum atomic E-state index is -0.398. The third-order valence-corrected chi connectivity index (χ3v) is 5.63. The Labute approximate surface area is 172 Å². The summed E-state index contributed by atoms with van der Waals surface area (Å²) in [4.78, 5) is 34.9. The number of carbonyl (C=O) groups is 2. The molecule has 1 fully saturated rings. The van der Waals surface area contributed by atoms with Crippen molar-refractivity contribution in [2.45, 2.75) is 38.3 Å². The van der Waals surface area contributed by atoms with Gasteiger partial charge < -0.3 is 13.8 Å². The Balaban J connectivity index is 1.29. The maximum atomic E-state index is 12.7. The maximum Gasteiger partial charge on any atom is 0.279 e. The molecule has 1 aromatic carbocycles. The van der Waals surface area contributed by atoms with Gasteiger partial charge in [-0.15, -0.1) is 0 Å². The van der Waals surface area contributed by atoms with E-state index in [1.165, 1.54) is 11.9 Å². The smallest absolute Gasteiger partial charge is 0.279 e. The average Bonchev–Trinajstić information content (AvgIpc) is 3.45. The van der Waals surface area contributed by atoms with Crippen molar-refractivity contribution in [1.29, 1.82) is 0 Å². The lowest BCUT2D eigenvalue weighted by Gasteiger charge is -2.23. The Kier molecular flexibility index (Phi) is 4.47. The van der Waals surface area contributed by atoms with Crippen molar-refractivity contribution in [1.82, 2.24) is 24.6 Å². The number of ether oxygens (including phenoxy) is 1. The second-order valence-corrected chi connectivity index (χ2v) is 7.83. The molecule has 5 rings (SSSR count). The summed E-state index contributed by atoms with van der Waals surface area (Å²) in [6.07, 6.45) is 2.36. The van der Waals surface area contributed by atoms with Crippen LogP contribution in [0.15, 0.2) is 35.1 Å². The van der Waals surface area contributed by atoms with E-state index >= 15 is 0 Å². The van der Waals surface area contributed by atoms with E-state index in [-0.39, 0.29) is 36.8 Å². The van der Waals surface area contributed by atoms with Crippen LogP contribution in [0.1, 0.15) is 57.5 Å². The largest absolute Gasteiger partial charge is 0.373 e. The quantitative estimate of drug-likeness (QED) is 0.610. The van der Waals surface area contributed by atoms with Gasteiger partial charge in [0.2, 0.25) is 11.8 Å². The molecule has 0 bridgehead atoms. The van der Waals surface area contributed by atoms with E-state index in [0.717, 1.165) is 16.9 Å². The molecule has 0 N–H and O–H groups in total. The number of hydrogen-bond donors (Lipinski definition) is 0. The van der Waals surface area contributed by atoms with Crippen molar-refractivity contribution < 1.29 is 18.8 Å². The Morgan fingerprint density at radius 2 is 2.13 bits per heavy atom. The van der Waals surface area contributed by atoms with Crippen LogP contribution in [-0.4, -0.2) is 43.0 Å². The second kappa shape index (κ2) is 7.17. The van der Waals surface area contributed by atoms with Crippen molar-refractivity contribution >= 4 is 11.8 Å². The van der Waals surface area contributed by atoms with Crippen molar-refractivity contribution in [3.63, 3.8) is 0 Å². The van der Waals surface area contributed by atoms with E-state index in [2.05, 4.69) is 40.2 Å². The van der Waals surface area contributed by atoms with Gasteiger partial charge in [-0.05, 0) is 18.9 Å². The number of carbonyl (C=O) groups excluding carboxylic acids is 2. The molecule has 2 atom stereocenters. The number of imide groups is 1. The van der Waals surface area contributed by atoms with Gasteiger partial charge >= 0.3 is 0 Å². The van der Waals surface area contributed by atoms with Crippen LogP contribution in [0.2, 0.25) is 0 Å². The van der Waals surface area contributed by atoms with E-state index < -0.39 is 5.91 Å². The molecule has 2 amide bonds. The Hall–Kier alpha value is -3.33. The molecule has 0 aliphatic carbocycles. The van der Waals surface area contributed by atoms with Crippen LogP contribution < -0.4 is 0 Å². The standard InChI is InChI=1S/C21H21N5O4/c1-12-4-3-5-13(6-12)16-7-14(10-29-16)20-23-17(30-24-20)9-26-18(27)8-15-19(21(26)28)25(2)11-22-15/h3-6,11,14,16H,7-10H2,1-2H3/t14-,16+/m0/s1. The van der Waals surface area contributed by atoms with E-state index in [1.807, 2.05) is 6.07 Å². The van der Waals surface area contributed by atoms with Gasteiger partial charge in [0.15, 0.2) is 5.82 Å². The highest BCUT2D eigenvalue weighted by molar-refractivity contribution is 6.08. The van der Waals surface area contributed by atoms with Crippen LogP contribution in [0.5, 0.6) is 0 Å². The van der Waals surface area contributed by atoms with Crippen LogP contribution >= 0.6 is 0 Å². The zero-order valence-electron chi connectivity index (χ0n) is 16.7. The molecule has 2 aromatic heterocycles. The summed E-state index contributed by atoms with van der Waals surface area (Å²) in [5, 5.41) is 4.08. The Bertz CT molecular complexity index is 1130. The minimum Gasteiger partial charge on any atom is -0.373 e. The number of benzene rings is 1. The van der Waals surface area contributed by atoms with Crippen molar-refractivity contribution in [3.05, 3.63) is 64.8 Å². The summed E-state index contributed by atoms with van der Waals surface area (Å²) in [6, 6.07) is 8.25. The molecule has 0 unspecified atom stereocenters. The van der Waals surface area contributed by atoms with Gasteiger partial charge in [-0.2, -0.15) is 4.98 Å². The van der Waals surface area contributed by atoms with Gasteiger partial charge in [-0.25, -0.2) is 4.98 Å². The van der Waals surface area contributed by atoms with Gasteiger partial charge in [-0.1, -0.05) is 35.0 Å². The average molecular weight is 407 g/mol. The van der Waals surface area contributed by atoms with Crippen LogP contribution in [-0.2, 0) is 29.5 Å². The molecular weight excluding hydrogens is 386 g/mol. The molecule has 0 radical (unpaired) electrons. The lowest BCUT2D eigenvalue weighted by Crippen LogP contribution is -2.42. The molecular formula is C21H21N5O4. The first-order valence-corrected chi connectivity index (χ1v) is 9.85. The zero-order valence-corrected chi connectivity index (χ0v) is 16.7. The second-order valence-electron chi connectivity index (χ2n) is 7.83. The third kappa shape index (κ3) is 3.21. The van der Waals surface area contributed by atoms with Gasteiger partial charge in [0.25, 0.3) is 5.91 Å². The molecule has 0 spiro atoms. The molecule has 2 aliphatic rings. The lowest BCUT2D eigenvalue weighted by atomic mass is 9.99. The van der Waals surface area contributed by atoms with Crippen molar-refractivity contribution in [2.75, 3.05) is 6.61 Å². The SMILES string of the molecule is Cc1cccc([C@H]2C[C@H](c3noc(CN4C(=O)Cc5ncn(C)c5C4=O)n3)CO2)c1. The van der Waals surface area contributed by atoms with E-state index in [0.29, 0.717) is 23.8 Å². The number of aryl methyl sites for hydroxylation is 2. The highest BCUT2D eigenvalue weighted by atomic mass is 16.5. The first-order valence-electron chi connectivity index (χ1n) is 9.85. The third-order valence-electron chi connectivity index (χ3n) is 5.63. The molecule has 3 aromatic rings. The molecule has 0 saturated carbocycles. The number of nitrogens with zero attached hydrogens (tertiary/aromatic N) is 5. The highest BCUT2D eigenvalue weighted by Gasteiger charge is 2.36.